The number of carbonyl (C=O) groups is 1. The summed E-state index contributed by atoms with van der Waals surface area (Å²) in [4.78, 5) is 12.9. The molecule has 5 nitrogen and oxygen atoms in total. The number of benzene rings is 3. The minimum absolute atomic E-state index is 0.143. The molecule has 0 fully saturated rings. The monoisotopic (exact) mass is 397 g/mol. The van der Waals surface area contributed by atoms with Crippen molar-refractivity contribution in [3.05, 3.63) is 102 Å². The van der Waals surface area contributed by atoms with E-state index in [0.29, 0.717) is 18.7 Å². The number of nitrogens with one attached hydrogen (secondary N) is 1. The minimum Gasteiger partial charge on any atom is -0.494 e. The van der Waals surface area contributed by atoms with Gasteiger partial charge in [0.1, 0.15) is 5.75 Å². The Morgan fingerprint density at radius 2 is 1.73 bits per heavy atom. The first kappa shape index (κ1) is 19.5. The highest BCUT2D eigenvalue weighted by molar-refractivity contribution is 6.08. The Balaban J connectivity index is 1.52. The van der Waals surface area contributed by atoms with E-state index in [1.807, 2.05) is 84.5 Å². The van der Waals surface area contributed by atoms with Crippen molar-refractivity contribution >= 4 is 11.6 Å². The van der Waals surface area contributed by atoms with Gasteiger partial charge in [0.15, 0.2) is 0 Å². The second kappa shape index (κ2) is 9.09. The molecule has 0 aliphatic rings. The lowest BCUT2D eigenvalue weighted by molar-refractivity contribution is 0.102. The van der Waals surface area contributed by atoms with E-state index in [-0.39, 0.29) is 5.91 Å². The Bertz CT molecular complexity index is 1100. The largest absolute Gasteiger partial charge is 0.494 e. The molecule has 150 valence electrons. The Morgan fingerprint density at radius 1 is 0.967 bits per heavy atom. The molecule has 4 aromatic rings. The minimum atomic E-state index is -0.143. The normalized spacial score (nSPS) is 10.6. The molecule has 5 heteroatoms. The molecule has 30 heavy (non-hydrogen) atoms. The molecule has 1 heterocycles. The lowest BCUT2D eigenvalue weighted by Crippen LogP contribution is -2.13. The van der Waals surface area contributed by atoms with Crippen LogP contribution in [0, 0.1) is 0 Å². The summed E-state index contributed by atoms with van der Waals surface area (Å²) in [5, 5.41) is 7.21. The number of ether oxygens (including phenoxy) is 1. The van der Waals surface area contributed by atoms with E-state index < -0.39 is 0 Å². The average molecular weight is 397 g/mol. The third-order valence-electron chi connectivity index (χ3n) is 4.76. The fraction of sp³-hybridized carbons (Fsp3) is 0.120. The number of carbonyl (C=O) groups excluding carboxylic acids is 1. The van der Waals surface area contributed by atoms with Gasteiger partial charge in [-0.05, 0) is 60.0 Å². The summed E-state index contributed by atoms with van der Waals surface area (Å²) in [7, 11) is 0. The van der Waals surface area contributed by atoms with Gasteiger partial charge in [0, 0.05) is 23.6 Å². The van der Waals surface area contributed by atoms with E-state index >= 15 is 0 Å². The van der Waals surface area contributed by atoms with Gasteiger partial charge in [-0.1, -0.05) is 42.5 Å². The van der Waals surface area contributed by atoms with Crippen molar-refractivity contribution in [2.24, 2.45) is 0 Å². The second-order valence-corrected chi connectivity index (χ2v) is 6.86. The van der Waals surface area contributed by atoms with Crippen molar-refractivity contribution in [3.63, 3.8) is 0 Å². The standard InChI is InChI=1S/C25H23N3O2/c1-2-30-22-14-12-21(13-15-22)27-25(29)24-7-4-3-6-23(24)20-10-8-19(9-11-20)18-28-17-5-16-26-28/h3-17H,2,18H2,1H3,(H,27,29). The zero-order valence-electron chi connectivity index (χ0n) is 16.8. The number of aromatic nitrogens is 2. The quantitative estimate of drug-likeness (QED) is 0.463. The number of hydrogen-bond acceptors (Lipinski definition) is 3. The summed E-state index contributed by atoms with van der Waals surface area (Å²) in [6, 6.07) is 25.2. The molecule has 0 saturated carbocycles. The Hall–Kier alpha value is -3.86. The second-order valence-electron chi connectivity index (χ2n) is 6.86. The third-order valence-corrected chi connectivity index (χ3v) is 4.76. The molecular formula is C25H23N3O2. The first-order valence-electron chi connectivity index (χ1n) is 9.93. The Kier molecular flexibility index (Phi) is 5.90. The van der Waals surface area contributed by atoms with Crippen molar-refractivity contribution in [1.29, 1.82) is 0 Å². The predicted molar refractivity (Wildman–Crippen MR) is 119 cm³/mol. The molecule has 1 amide bonds. The lowest BCUT2D eigenvalue weighted by Gasteiger charge is -2.12. The predicted octanol–water partition coefficient (Wildman–Crippen LogP) is 5.25. The van der Waals surface area contributed by atoms with Crippen molar-refractivity contribution in [2.45, 2.75) is 13.5 Å². The van der Waals surface area contributed by atoms with Crippen molar-refractivity contribution < 1.29 is 9.53 Å². The number of nitrogens with zero attached hydrogens (tertiary/aromatic N) is 2. The SMILES string of the molecule is CCOc1ccc(NC(=O)c2ccccc2-c2ccc(Cn3cccn3)cc2)cc1. The van der Waals surface area contributed by atoms with Crippen LogP contribution < -0.4 is 10.1 Å². The number of anilines is 1. The number of amides is 1. The molecular weight excluding hydrogens is 374 g/mol. The molecule has 0 unspecified atom stereocenters. The van der Waals surface area contributed by atoms with Gasteiger partial charge in [-0.3, -0.25) is 9.48 Å². The first-order valence-corrected chi connectivity index (χ1v) is 9.93. The van der Waals surface area contributed by atoms with Crippen molar-refractivity contribution in [1.82, 2.24) is 9.78 Å². The first-order chi connectivity index (χ1) is 14.7. The fourth-order valence-electron chi connectivity index (χ4n) is 3.30. The fourth-order valence-corrected chi connectivity index (χ4v) is 3.30. The smallest absolute Gasteiger partial charge is 0.256 e. The van der Waals surface area contributed by atoms with Gasteiger partial charge < -0.3 is 10.1 Å². The van der Waals surface area contributed by atoms with E-state index in [4.69, 9.17) is 4.74 Å². The zero-order chi connectivity index (χ0) is 20.8. The summed E-state index contributed by atoms with van der Waals surface area (Å²) < 4.78 is 7.33. The van der Waals surface area contributed by atoms with E-state index in [1.54, 1.807) is 6.20 Å². The van der Waals surface area contributed by atoms with Crippen LogP contribution in [0.2, 0.25) is 0 Å². The van der Waals surface area contributed by atoms with Crippen LogP contribution in [0.1, 0.15) is 22.8 Å². The van der Waals surface area contributed by atoms with Gasteiger partial charge >= 0.3 is 0 Å². The average Bonchev–Trinajstić information content (AvgIpc) is 3.29. The van der Waals surface area contributed by atoms with Crippen molar-refractivity contribution in [2.75, 3.05) is 11.9 Å². The Morgan fingerprint density at radius 3 is 2.43 bits per heavy atom. The highest BCUT2D eigenvalue weighted by Gasteiger charge is 2.13. The number of hydrogen-bond donors (Lipinski definition) is 1. The summed E-state index contributed by atoms with van der Waals surface area (Å²) in [5.41, 5.74) is 4.40. The highest BCUT2D eigenvalue weighted by atomic mass is 16.5. The topological polar surface area (TPSA) is 56.1 Å². The van der Waals surface area contributed by atoms with Crippen LogP contribution in [-0.4, -0.2) is 22.3 Å². The van der Waals surface area contributed by atoms with Gasteiger partial charge in [0.25, 0.3) is 5.91 Å². The maximum Gasteiger partial charge on any atom is 0.256 e. The zero-order valence-corrected chi connectivity index (χ0v) is 16.8. The van der Waals surface area contributed by atoms with E-state index in [1.165, 1.54) is 0 Å². The van der Waals surface area contributed by atoms with Crippen LogP contribution in [0.25, 0.3) is 11.1 Å². The van der Waals surface area contributed by atoms with Gasteiger partial charge in [-0.15, -0.1) is 0 Å². The molecule has 0 aliphatic carbocycles. The van der Waals surface area contributed by atoms with E-state index in [2.05, 4.69) is 22.5 Å². The van der Waals surface area contributed by atoms with Crippen LogP contribution in [0.4, 0.5) is 5.69 Å². The molecule has 1 N–H and O–H groups in total. The van der Waals surface area contributed by atoms with Crippen LogP contribution >= 0.6 is 0 Å². The highest BCUT2D eigenvalue weighted by Crippen LogP contribution is 2.25. The van der Waals surface area contributed by atoms with Gasteiger partial charge in [0.05, 0.1) is 13.2 Å². The molecule has 0 aliphatic heterocycles. The van der Waals surface area contributed by atoms with Crippen LogP contribution in [0.15, 0.2) is 91.3 Å². The van der Waals surface area contributed by atoms with E-state index in [9.17, 15) is 4.79 Å². The summed E-state index contributed by atoms with van der Waals surface area (Å²) >= 11 is 0. The van der Waals surface area contributed by atoms with Gasteiger partial charge in [-0.2, -0.15) is 5.10 Å². The molecule has 1 aromatic heterocycles. The molecule has 0 spiro atoms. The van der Waals surface area contributed by atoms with Crippen LogP contribution in [0.3, 0.4) is 0 Å². The Labute approximate surface area is 175 Å². The molecule has 0 radical (unpaired) electrons. The molecule has 3 aromatic carbocycles. The summed E-state index contributed by atoms with van der Waals surface area (Å²) in [6.45, 7) is 3.27. The maximum atomic E-state index is 12.9. The third kappa shape index (κ3) is 4.58. The molecule has 0 saturated heterocycles. The van der Waals surface area contributed by atoms with Gasteiger partial charge in [0.2, 0.25) is 0 Å². The lowest BCUT2D eigenvalue weighted by atomic mass is 9.98. The van der Waals surface area contributed by atoms with Crippen molar-refractivity contribution in [3.8, 4) is 16.9 Å². The molecule has 4 rings (SSSR count). The maximum absolute atomic E-state index is 12.9. The molecule has 0 atom stereocenters. The molecule has 0 bridgehead atoms. The van der Waals surface area contributed by atoms with Crippen LogP contribution in [0.5, 0.6) is 5.75 Å². The summed E-state index contributed by atoms with van der Waals surface area (Å²) in [5.74, 6) is 0.640. The van der Waals surface area contributed by atoms with Crippen LogP contribution in [-0.2, 0) is 6.54 Å². The van der Waals surface area contributed by atoms with E-state index in [0.717, 1.165) is 28.1 Å². The summed E-state index contributed by atoms with van der Waals surface area (Å²) in [6.07, 6.45) is 3.71. The van der Waals surface area contributed by atoms with Gasteiger partial charge in [-0.25, -0.2) is 0 Å². The number of rotatable bonds is 7.